The summed E-state index contributed by atoms with van der Waals surface area (Å²) < 4.78 is 0.557. The Hall–Kier alpha value is 0.770. The van der Waals surface area contributed by atoms with Crippen molar-refractivity contribution in [1.29, 1.82) is 0 Å². The summed E-state index contributed by atoms with van der Waals surface area (Å²) in [5.74, 6) is 0.875. The van der Waals surface area contributed by atoms with Crippen LogP contribution in [0.3, 0.4) is 0 Å². The lowest BCUT2D eigenvalue weighted by Crippen LogP contribution is -2.64. The number of rotatable bonds is 1. The zero-order valence-corrected chi connectivity index (χ0v) is 6.93. The molecule has 3 saturated carbocycles. The molecule has 0 atom stereocenters. The summed E-state index contributed by atoms with van der Waals surface area (Å²) in [6.45, 7) is 0. The van der Waals surface area contributed by atoms with E-state index in [0.717, 1.165) is 5.88 Å². The van der Waals surface area contributed by atoms with E-state index in [9.17, 15) is 0 Å². The van der Waals surface area contributed by atoms with Crippen molar-refractivity contribution < 1.29 is 0 Å². The summed E-state index contributed by atoms with van der Waals surface area (Å²) in [7, 11) is 0. The highest BCUT2D eigenvalue weighted by Gasteiger charge is 2.65. The van der Waals surface area contributed by atoms with E-state index in [2.05, 4.69) is 15.9 Å². The second-order valence-electron chi connectivity index (χ2n) is 3.31. The highest BCUT2D eigenvalue weighted by Crippen LogP contribution is 2.71. The van der Waals surface area contributed by atoms with Crippen LogP contribution >= 0.6 is 27.5 Å². The maximum Gasteiger partial charge on any atom is 0.0281 e. The fourth-order valence-electron chi connectivity index (χ4n) is 2.00. The first-order valence-electron chi connectivity index (χ1n) is 2.93. The normalized spacial score (nSPS) is 59.2. The first-order chi connectivity index (χ1) is 3.68. The van der Waals surface area contributed by atoms with Gasteiger partial charge in [-0.1, -0.05) is 15.9 Å². The zero-order valence-electron chi connectivity index (χ0n) is 4.58. The highest BCUT2D eigenvalue weighted by atomic mass is 79.9. The molecule has 3 fully saturated rings. The van der Waals surface area contributed by atoms with Crippen LogP contribution in [0.5, 0.6) is 0 Å². The first kappa shape index (κ1) is 5.55. The van der Waals surface area contributed by atoms with Crippen molar-refractivity contribution in [3.8, 4) is 0 Å². The topological polar surface area (TPSA) is 0 Å². The highest BCUT2D eigenvalue weighted by molar-refractivity contribution is 9.10. The van der Waals surface area contributed by atoms with Crippen LogP contribution in [0, 0.1) is 5.41 Å². The van der Waals surface area contributed by atoms with Gasteiger partial charge in [0, 0.05) is 10.2 Å². The average molecular weight is 195 g/mol. The Labute approximate surface area is 62.7 Å². The zero-order chi connectivity index (χ0) is 5.83. The molecular formula is C6H8BrCl. The predicted octanol–water partition coefficient (Wildman–Crippen LogP) is 2.54. The van der Waals surface area contributed by atoms with Gasteiger partial charge in [0.15, 0.2) is 0 Å². The van der Waals surface area contributed by atoms with Crippen LogP contribution in [0.25, 0.3) is 0 Å². The summed E-state index contributed by atoms with van der Waals surface area (Å²) in [5, 5.41) is 0. The molecule has 0 aliphatic heterocycles. The van der Waals surface area contributed by atoms with Crippen LogP contribution < -0.4 is 0 Å². The van der Waals surface area contributed by atoms with Crippen molar-refractivity contribution in [2.24, 2.45) is 5.41 Å². The number of alkyl halides is 2. The van der Waals surface area contributed by atoms with E-state index in [-0.39, 0.29) is 0 Å². The van der Waals surface area contributed by atoms with E-state index in [0.29, 0.717) is 9.74 Å². The van der Waals surface area contributed by atoms with Gasteiger partial charge >= 0.3 is 0 Å². The van der Waals surface area contributed by atoms with Gasteiger partial charge in [-0.15, -0.1) is 11.6 Å². The molecule has 3 aliphatic carbocycles. The quantitative estimate of drug-likeness (QED) is 0.564. The molecule has 0 spiro atoms. The SMILES string of the molecule is ClCC12CC(Br)(C1)C2. The second kappa shape index (κ2) is 1.27. The fourth-order valence-corrected chi connectivity index (χ4v) is 4.07. The molecular weight excluding hydrogens is 187 g/mol. The van der Waals surface area contributed by atoms with Crippen molar-refractivity contribution in [3.05, 3.63) is 0 Å². The van der Waals surface area contributed by atoms with E-state index in [1.807, 2.05) is 0 Å². The second-order valence-corrected chi connectivity index (χ2v) is 5.26. The van der Waals surface area contributed by atoms with Crippen molar-refractivity contribution >= 4 is 27.5 Å². The lowest BCUT2D eigenvalue weighted by atomic mass is 9.45. The van der Waals surface area contributed by atoms with Crippen molar-refractivity contribution in [2.45, 2.75) is 23.6 Å². The molecule has 2 heteroatoms. The van der Waals surface area contributed by atoms with Crippen LogP contribution in [-0.2, 0) is 0 Å². The molecule has 0 aromatic rings. The maximum absolute atomic E-state index is 5.72. The van der Waals surface area contributed by atoms with Gasteiger partial charge in [-0.3, -0.25) is 0 Å². The molecule has 2 bridgehead atoms. The smallest absolute Gasteiger partial charge is 0.0281 e. The van der Waals surface area contributed by atoms with E-state index in [4.69, 9.17) is 11.6 Å². The van der Waals surface area contributed by atoms with Crippen molar-refractivity contribution in [2.75, 3.05) is 5.88 Å². The van der Waals surface area contributed by atoms with Crippen LogP contribution in [0.2, 0.25) is 0 Å². The Morgan fingerprint density at radius 3 is 2.00 bits per heavy atom. The Bertz CT molecular complexity index is 113. The van der Waals surface area contributed by atoms with Crippen LogP contribution in [0.15, 0.2) is 0 Å². The molecule has 0 N–H and O–H groups in total. The van der Waals surface area contributed by atoms with E-state index >= 15 is 0 Å². The summed E-state index contributed by atoms with van der Waals surface area (Å²) in [6, 6.07) is 0. The minimum Gasteiger partial charge on any atom is -0.126 e. The molecule has 8 heavy (non-hydrogen) atoms. The molecule has 0 heterocycles. The van der Waals surface area contributed by atoms with Crippen LogP contribution in [0.4, 0.5) is 0 Å². The molecule has 0 saturated heterocycles. The lowest BCUT2D eigenvalue weighted by molar-refractivity contribution is -0.0469. The van der Waals surface area contributed by atoms with Crippen molar-refractivity contribution in [1.82, 2.24) is 0 Å². The van der Waals surface area contributed by atoms with Gasteiger partial charge in [0.1, 0.15) is 0 Å². The van der Waals surface area contributed by atoms with Gasteiger partial charge in [-0.05, 0) is 24.7 Å². The minimum absolute atomic E-state index is 0.557. The predicted molar refractivity (Wildman–Crippen MR) is 38.7 cm³/mol. The Morgan fingerprint density at radius 1 is 1.38 bits per heavy atom. The van der Waals surface area contributed by atoms with Gasteiger partial charge in [0.05, 0.1) is 0 Å². The standard InChI is InChI=1S/C6H8BrCl/c7-6-1-5(2-6,3-6)4-8/h1-4H2. The maximum atomic E-state index is 5.72. The Morgan fingerprint density at radius 2 is 1.88 bits per heavy atom. The molecule has 3 rings (SSSR count). The Balaban J connectivity index is 2.04. The van der Waals surface area contributed by atoms with Gasteiger partial charge in [-0.2, -0.15) is 0 Å². The molecule has 0 nitrogen and oxygen atoms in total. The number of hydrogen-bond donors (Lipinski definition) is 0. The van der Waals surface area contributed by atoms with E-state index in [1.165, 1.54) is 19.3 Å². The van der Waals surface area contributed by atoms with Crippen molar-refractivity contribution in [3.63, 3.8) is 0 Å². The van der Waals surface area contributed by atoms with Gasteiger partial charge in [0.25, 0.3) is 0 Å². The fraction of sp³-hybridized carbons (Fsp3) is 1.00. The van der Waals surface area contributed by atoms with Crippen LogP contribution in [-0.4, -0.2) is 10.2 Å². The molecule has 0 aromatic heterocycles. The molecule has 0 radical (unpaired) electrons. The average Bonchev–Trinajstić information content (AvgIpc) is 1.55. The molecule has 46 valence electrons. The van der Waals surface area contributed by atoms with Crippen LogP contribution in [0.1, 0.15) is 19.3 Å². The van der Waals surface area contributed by atoms with Gasteiger partial charge in [0.2, 0.25) is 0 Å². The molecule has 0 amide bonds. The molecule has 0 unspecified atom stereocenters. The number of hydrogen-bond acceptors (Lipinski definition) is 0. The third-order valence-corrected chi connectivity index (χ3v) is 3.77. The third kappa shape index (κ3) is 0.476. The lowest BCUT2D eigenvalue weighted by Gasteiger charge is -2.67. The molecule has 0 aromatic carbocycles. The molecule has 3 aliphatic rings. The van der Waals surface area contributed by atoms with E-state index < -0.39 is 0 Å². The number of halogens is 2. The van der Waals surface area contributed by atoms with Gasteiger partial charge in [-0.25, -0.2) is 0 Å². The summed E-state index contributed by atoms with van der Waals surface area (Å²) in [4.78, 5) is 0. The third-order valence-electron chi connectivity index (χ3n) is 2.36. The Kier molecular flexibility index (Phi) is 0.878. The summed E-state index contributed by atoms with van der Waals surface area (Å²) in [5.41, 5.74) is 0.588. The van der Waals surface area contributed by atoms with Gasteiger partial charge < -0.3 is 0 Å². The van der Waals surface area contributed by atoms with E-state index in [1.54, 1.807) is 0 Å². The first-order valence-corrected chi connectivity index (χ1v) is 4.26. The largest absolute Gasteiger partial charge is 0.126 e. The minimum atomic E-state index is 0.557. The monoisotopic (exact) mass is 194 g/mol. The summed E-state index contributed by atoms with van der Waals surface area (Å²) >= 11 is 9.37. The summed E-state index contributed by atoms with van der Waals surface area (Å²) in [6.07, 6.45) is 3.97.